The van der Waals surface area contributed by atoms with E-state index >= 15 is 0 Å². The van der Waals surface area contributed by atoms with Gasteiger partial charge in [-0.2, -0.15) is 0 Å². The van der Waals surface area contributed by atoms with Crippen LogP contribution in [0, 0.1) is 0 Å². The van der Waals surface area contributed by atoms with Crippen molar-refractivity contribution in [2.45, 2.75) is 52.2 Å². The van der Waals surface area contributed by atoms with Gasteiger partial charge in [-0.1, -0.05) is 18.9 Å². The largest absolute Gasteiger partial charge is 0.390 e. The predicted molar refractivity (Wildman–Crippen MR) is 55.8 cm³/mol. The second-order valence-corrected chi connectivity index (χ2v) is 3.51. The van der Waals surface area contributed by atoms with E-state index in [2.05, 4.69) is 13.5 Å². The highest BCUT2D eigenvalue weighted by molar-refractivity contribution is 4.92. The highest BCUT2D eigenvalue weighted by atomic mass is 16.5. The summed E-state index contributed by atoms with van der Waals surface area (Å²) in [5, 5.41) is 9.76. The lowest BCUT2D eigenvalue weighted by Gasteiger charge is -2.22. The van der Waals surface area contributed by atoms with Crippen molar-refractivity contribution in [1.82, 2.24) is 0 Å². The van der Waals surface area contributed by atoms with Gasteiger partial charge in [-0.15, -0.1) is 6.58 Å². The number of ether oxygens (including phenoxy) is 1. The third kappa shape index (κ3) is 5.83. The van der Waals surface area contributed by atoms with Gasteiger partial charge in [0.1, 0.15) is 0 Å². The van der Waals surface area contributed by atoms with Crippen LogP contribution >= 0.6 is 0 Å². The van der Waals surface area contributed by atoms with Crippen LogP contribution in [0.15, 0.2) is 12.2 Å². The van der Waals surface area contributed by atoms with Gasteiger partial charge in [0.05, 0.1) is 12.2 Å². The number of rotatable bonds is 7. The molecule has 1 N–H and O–H groups in total. The Labute approximate surface area is 81.6 Å². The van der Waals surface area contributed by atoms with Crippen LogP contribution in [-0.2, 0) is 4.74 Å². The zero-order valence-electron chi connectivity index (χ0n) is 9.05. The van der Waals surface area contributed by atoms with Gasteiger partial charge in [0.15, 0.2) is 0 Å². The fraction of sp³-hybridized carbons (Fsp3) is 0.818. The van der Waals surface area contributed by atoms with Gasteiger partial charge in [-0.3, -0.25) is 0 Å². The van der Waals surface area contributed by atoms with Gasteiger partial charge in [0.25, 0.3) is 0 Å². The maximum Gasteiger partial charge on any atom is 0.0838 e. The lowest BCUT2D eigenvalue weighted by atomic mass is 10.0. The zero-order chi connectivity index (χ0) is 10.3. The van der Waals surface area contributed by atoms with Gasteiger partial charge in [0.2, 0.25) is 0 Å². The Morgan fingerprint density at radius 2 is 2.08 bits per heavy atom. The third-order valence-corrected chi connectivity index (χ3v) is 1.94. The SMILES string of the molecule is C=C(C)CC(O)C(CCC)OCC. The van der Waals surface area contributed by atoms with Crippen molar-refractivity contribution in [2.75, 3.05) is 6.61 Å². The summed E-state index contributed by atoms with van der Waals surface area (Å²) in [5.74, 6) is 0. The van der Waals surface area contributed by atoms with Gasteiger partial charge >= 0.3 is 0 Å². The van der Waals surface area contributed by atoms with Crippen molar-refractivity contribution >= 4 is 0 Å². The van der Waals surface area contributed by atoms with E-state index in [1.165, 1.54) is 0 Å². The Morgan fingerprint density at radius 3 is 2.46 bits per heavy atom. The summed E-state index contributed by atoms with van der Waals surface area (Å²) in [6.45, 7) is 10.4. The second kappa shape index (κ2) is 7.10. The minimum Gasteiger partial charge on any atom is -0.390 e. The first-order valence-electron chi connectivity index (χ1n) is 5.05. The van der Waals surface area contributed by atoms with Crippen LogP contribution in [0.25, 0.3) is 0 Å². The minimum absolute atomic E-state index is 0.0216. The molecule has 78 valence electrons. The Morgan fingerprint density at radius 1 is 1.46 bits per heavy atom. The predicted octanol–water partition coefficient (Wildman–Crippen LogP) is 2.52. The van der Waals surface area contributed by atoms with E-state index in [9.17, 15) is 5.11 Å². The van der Waals surface area contributed by atoms with Crippen molar-refractivity contribution in [3.63, 3.8) is 0 Å². The van der Waals surface area contributed by atoms with E-state index in [4.69, 9.17) is 4.74 Å². The highest BCUT2D eigenvalue weighted by Crippen LogP contribution is 2.13. The molecule has 0 heterocycles. The maximum absolute atomic E-state index is 9.76. The maximum atomic E-state index is 9.76. The minimum atomic E-state index is -0.391. The molecular formula is C11H22O2. The lowest BCUT2D eigenvalue weighted by molar-refractivity contribution is -0.0362. The van der Waals surface area contributed by atoms with Crippen LogP contribution in [0.4, 0.5) is 0 Å². The first-order valence-corrected chi connectivity index (χ1v) is 5.05. The molecule has 0 amide bonds. The van der Waals surface area contributed by atoms with Gasteiger partial charge < -0.3 is 9.84 Å². The molecule has 0 spiro atoms. The highest BCUT2D eigenvalue weighted by Gasteiger charge is 2.17. The van der Waals surface area contributed by atoms with E-state index in [1.54, 1.807) is 0 Å². The molecular weight excluding hydrogens is 164 g/mol. The smallest absolute Gasteiger partial charge is 0.0838 e. The van der Waals surface area contributed by atoms with E-state index in [0.717, 1.165) is 18.4 Å². The van der Waals surface area contributed by atoms with E-state index in [1.807, 2.05) is 13.8 Å². The van der Waals surface area contributed by atoms with Crippen LogP contribution in [0.3, 0.4) is 0 Å². The summed E-state index contributed by atoms with van der Waals surface area (Å²) >= 11 is 0. The summed E-state index contributed by atoms with van der Waals surface area (Å²) in [6.07, 6.45) is 2.19. The normalized spacial score (nSPS) is 15.4. The van der Waals surface area contributed by atoms with Crippen LogP contribution in [0.1, 0.15) is 40.0 Å². The first-order chi connectivity index (χ1) is 6.11. The number of aliphatic hydroxyl groups is 1. The molecule has 0 saturated carbocycles. The van der Waals surface area contributed by atoms with Crippen molar-refractivity contribution in [3.8, 4) is 0 Å². The molecule has 0 aromatic heterocycles. The number of aliphatic hydroxyl groups excluding tert-OH is 1. The van der Waals surface area contributed by atoms with Crippen molar-refractivity contribution in [1.29, 1.82) is 0 Å². The topological polar surface area (TPSA) is 29.5 Å². The fourth-order valence-electron chi connectivity index (χ4n) is 1.37. The van der Waals surface area contributed by atoms with Crippen molar-refractivity contribution < 1.29 is 9.84 Å². The lowest BCUT2D eigenvalue weighted by Crippen LogP contribution is -2.29. The second-order valence-electron chi connectivity index (χ2n) is 3.51. The Balaban J connectivity index is 3.93. The molecule has 0 aliphatic heterocycles. The summed E-state index contributed by atoms with van der Waals surface area (Å²) in [5.41, 5.74) is 1.01. The number of hydrogen-bond donors (Lipinski definition) is 1. The molecule has 0 aromatic carbocycles. The zero-order valence-corrected chi connectivity index (χ0v) is 9.05. The molecule has 0 fully saturated rings. The van der Waals surface area contributed by atoms with Crippen molar-refractivity contribution in [2.24, 2.45) is 0 Å². The molecule has 2 nitrogen and oxygen atoms in total. The molecule has 2 heteroatoms. The fourth-order valence-corrected chi connectivity index (χ4v) is 1.37. The summed E-state index contributed by atoms with van der Waals surface area (Å²) in [6, 6.07) is 0. The Kier molecular flexibility index (Phi) is 6.92. The first kappa shape index (κ1) is 12.7. The van der Waals surface area contributed by atoms with Crippen molar-refractivity contribution in [3.05, 3.63) is 12.2 Å². The summed E-state index contributed by atoms with van der Waals surface area (Å²) in [7, 11) is 0. The standard InChI is InChI=1S/C11H22O2/c1-5-7-11(13-6-2)10(12)8-9(3)4/h10-12H,3,5-8H2,1-2,4H3. The quantitative estimate of drug-likeness (QED) is 0.619. The Hall–Kier alpha value is -0.340. The van der Waals surface area contributed by atoms with E-state index < -0.39 is 6.10 Å². The molecule has 0 radical (unpaired) electrons. The van der Waals surface area contributed by atoms with Crippen LogP contribution in [-0.4, -0.2) is 23.9 Å². The van der Waals surface area contributed by atoms with Crippen LogP contribution in [0.5, 0.6) is 0 Å². The molecule has 0 aliphatic carbocycles. The molecule has 2 unspecified atom stereocenters. The van der Waals surface area contributed by atoms with Gasteiger partial charge in [0, 0.05) is 6.61 Å². The molecule has 2 atom stereocenters. The summed E-state index contributed by atoms with van der Waals surface area (Å²) < 4.78 is 5.45. The average Bonchev–Trinajstić information content (AvgIpc) is 2.02. The Bertz CT molecular complexity index is 137. The molecule has 0 aliphatic rings. The van der Waals surface area contributed by atoms with E-state index in [0.29, 0.717) is 13.0 Å². The molecule has 0 bridgehead atoms. The monoisotopic (exact) mass is 186 g/mol. The summed E-state index contributed by atoms with van der Waals surface area (Å²) in [4.78, 5) is 0. The average molecular weight is 186 g/mol. The van der Waals surface area contributed by atoms with Crippen LogP contribution in [0.2, 0.25) is 0 Å². The van der Waals surface area contributed by atoms with Crippen LogP contribution < -0.4 is 0 Å². The third-order valence-electron chi connectivity index (χ3n) is 1.94. The molecule has 0 aromatic rings. The molecule has 0 rings (SSSR count). The molecule has 0 saturated heterocycles. The van der Waals surface area contributed by atoms with Gasteiger partial charge in [-0.25, -0.2) is 0 Å². The molecule has 13 heavy (non-hydrogen) atoms. The van der Waals surface area contributed by atoms with Gasteiger partial charge in [-0.05, 0) is 26.7 Å². The number of hydrogen-bond acceptors (Lipinski definition) is 2. The van der Waals surface area contributed by atoms with E-state index in [-0.39, 0.29) is 6.10 Å².